The van der Waals surface area contributed by atoms with E-state index in [2.05, 4.69) is 21.9 Å². The minimum atomic E-state index is -0.159. The molecule has 2 unspecified atom stereocenters. The molecule has 2 atom stereocenters. The minimum absolute atomic E-state index is 0.159. The summed E-state index contributed by atoms with van der Waals surface area (Å²) in [6.07, 6.45) is 4.26. The monoisotopic (exact) mass is 344 g/mol. The van der Waals surface area contributed by atoms with Crippen LogP contribution in [0, 0.1) is 5.41 Å². The number of ether oxygens (including phenoxy) is 2. The Kier molecular flexibility index (Phi) is 4.69. The highest BCUT2D eigenvalue weighted by Gasteiger charge is 2.49. The summed E-state index contributed by atoms with van der Waals surface area (Å²) >= 11 is 0. The van der Waals surface area contributed by atoms with E-state index in [1.54, 1.807) is 7.11 Å². The summed E-state index contributed by atoms with van der Waals surface area (Å²) in [5.74, 6) is 1.21. The molecule has 0 saturated carbocycles. The van der Waals surface area contributed by atoms with Crippen LogP contribution in [0.1, 0.15) is 31.2 Å². The molecule has 3 fully saturated rings. The van der Waals surface area contributed by atoms with Gasteiger partial charge in [0.25, 0.3) is 0 Å². The molecule has 0 aliphatic carbocycles. The summed E-state index contributed by atoms with van der Waals surface area (Å²) in [4.78, 5) is 17.8. The number of nitrogens with zero attached hydrogens (tertiary/aromatic N) is 2. The van der Waals surface area contributed by atoms with Crippen molar-refractivity contribution in [3.8, 4) is 5.75 Å². The number of benzene rings is 1. The molecule has 1 aromatic carbocycles. The first kappa shape index (κ1) is 16.9. The van der Waals surface area contributed by atoms with E-state index in [4.69, 9.17) is 9.47 Å². The molecule has 25 heavy (non-hydrogen) atoms. The van der Waals surface area contributed by atoms with Gasteiger partial charge in [0.2, 0.25) is 5.91 Å². The number of rotatable bonds is 4. The minimum Gasteiger partial charge on any atom is -0.497 e. The topological polar surface area (TPSA) is 42.0 Å². The second-order valence-corrected chi connectivity index (χ2v) is 7.70. The molecule has 136 valence electrons. The van der Waals surface area contributed by atoms with Crippen molar-refractivity contribution in [1.82, 2.24) is 9.80 Å². The molecule has 3 aliphatic rings. The lowest BCUT2D eigenvalue weighted by atomic mass is 9.78. The highest BCUT2D eigenvalue weighted by Crippen LogP contribution is 2.41. The molecule has 5 heteroatoms. The Morgan fingerprint density at radius 1 is 1.24 bits per heavy atom. The van der Waals surface area contributed by atoms with Gasteiger partial charge in [0, 0.05) is 32.3 Å². The van der Waals surface area contributed by atoms with Gasteiger partial charge in [-0.3, -0.25) is 9.69 Å². The van der Waals surface area contributed by atoms with E-state index in [-0.39, 0.29) is 5.41 Å². The molecule has 0 radical (unpaired) electrons. The molecule has 4 rings (SSSR count). The van der Waals surface area contributed by atoms with Crippen LogP contribution in [0.2, 0.25) is 0 Å². The van der Waals surface area contributed by atoms with E-state index in [9.17, 15) is 4.79 Å². The lowest BCUT2D eigenvalue weighted by Gasteiger charge is -2.41. The fraction of sp³-hybridized carbons (Fsp3) is 0.650. The number of likely N-dealkylation sites (tertiary alicyclic amines) is 2. The number of carbonyl (C=O) groups is 1. The number of hydrogen-bond acceptors (Lipinski definition) is 4. The maximum Gasteiger partial charge on any atom is 0.230 e. The number of carbonyl (C=O) groups excluding carboxylic acids is 1. The van der Waals surface area contributed by atoms with Crippen LogP contribution in [0.4, 0.5) is 0 Å². The summed E-state index contributed by atoms with van der Waals surface area (Å²) in [7, 11) is 1.67. The average Bonchev–Trinajstić information content (AvgIpc) is 3.28. The van der Waals surface area contributed by atoms with Crippen LogP contribution < -0.4 is 4.74 Å². The predicted octanol–water partition coefficient (Wildman–Crippen LogP) is 2.30. The van der Waals surface area contributed by atoms with Gasteiger partial charge in [-0.1, -0.05) is 12.1 Å². The fourth-order valence-corrected chi connectivity index (χ4v) is 4.66. The first-order valence-corrected chi connectivity index (χ1v) is 9.44. The van der Waals surface area contributed by atoms with Crippen molar-refractivity contribution >= 4 is 5.91 Å². The maximum atomic E-state index is 13.2. The van der Waals surface area contributed by atoms with Crippen LogP contribution in [0.15, 0.2) is 24.3 Å². The van der Waals surface area contributed by atoms with E-state index in [1.165, 1.54) is 5.56 Å². The lowest BCUT2D eigenvalue weighted by molar-refractivity contribution is -0.139. The van der Waals surface area contributed by atoms with Gasteiger partial charge in [-0.2, -0.15) is 0 Å². The van der Waals surface area contributed by atoms with Crippen LogP contribution in [0.25, 0.3) is 0 Å². The fourth-order valence-electron chi connectivity index (χ4n) is 4.66. The van der Waals surface area contributed by atoms with Crippen LogP contribution >= 0.6 is 0 Å². The van der Waals surface area contributed by atoms with Crippen molar-refractivity contribution in [3.63, 3.8) is 0 Å². The third-order valence-corrected chi connectivity index (χ3v) is 6.16. The Balaban J connectivity index is 1.42. The van der Waals surface area contributed by atoms with Gasteiger partial charge in [-0.25, -0.2) is 0 Å². The smallest absolute Gasteiger partial charge is 0.230 e. The van der Waals surface area contributed by atoms with Crippen LogP contribution in [-0.4, -0.2) is 61.7 Å². The molecule has 0 bridgehead atoms. The van der Waals surface area contributed by atoms with E-state index < -0.39 is 0 Å². The second kappa shape index (κ2) is 6.96. The van der Waals surface area contributed by atoms with Crippen molar-refractivity contribution in [1.29, 1.82) is 0 Å². The van der Waals surface area contributed by atoms with E-state index in [0.29, 0.717) is 18.5 Å². The quantitative estimate of drug-likeness (QED) is 0.840. The summed E-state index contributed by atoms with van der Waals surface area (Å²) in [5.41, 5.74) is 1.01. The first-order valence-electron chi connectivity index (χ1n) is 9.44. The molecular weight excluding hydrogens is 316 g/mol. The number of methoxy groups -OCH3 is 1. The molecule has 5 nitrogen and oxygen atoms in total. The Bertz CT molecular complexity index is 612. The van der Waals surface area contributed by atoms with Crippen molar-refractivity contribution in [3.05, 3.63) is 29.8 Å². The zero-order chi connectivity index (χ0) is 17.3. The van der Waals surface area contributed by atoms with E-state index >= 15 is 0 Å². The highest BCUT2D eigenvalue weighted by molar-refractivity contribution is 5.85. The third-order valence-electron chi connectivity index (χ3n) is 6.16. The molecule has 1 aromatic rings. The molecule has 3 saturated heterocycles. The van der Waals surface area contributed by atoms with Crippen molar-refractivity contribution in [2.45, 2.75) is 38.3 Å². The Morgan fingerprint density at radius 2 is 2.08 bits per heavy atom. The van der Waals surface area contributed by atoms with Crippen molar-refractivity contribution in [2.24, 2.45) is 5.41 Å². The molecular formula is C20H28N2O3. The summed E-state index contributed by atoms with van der Waals surface area (Å²) in [6, 6.07) is 8.56. The van der Waals surface area contributed by atoms with Gasteiger partial charge in [0.05, 0.1) is 19.1 Å². The predicted molar refractivity (Wildman–Crippen MR) is 95.5 cm³/mol. The SMILES string of the molecule is COc1ccc(CN2CCC3(CCCN(C4CCOC4)C3)C2=O)cc1. The van der Waals surface area contributed by atoms with Gasteiger partial charge < -0.3 is 14.4 Å². The molecule has 0 aromatic heterocycles. The molecule has 1 amide bonds. The molecule has 1 spiro atoms. The summed E-state index contributed by atoms with van der Waals surface area (Å²) in [6.45, 7) is 5.31. The Morgan fingerprint density at radius 3 is 2.80 bits per heavy atom. The first-order chi connectivity index (χ1) is 12.2. The number of piperidine rings is 1. The van der Waals surface area contributed by atoms with Gasteiger partial charge in [-0.15, -0.1) is 0 Å². The zero-order valence-electron chi connectivity index (χ0n) is 15.1. The van der Waals surface area contributed by atoms with E-state index in [1.807, 2.05) is 12.1 Å². The van der Waals surface area contributed by atoms with Crippen LogP contribution in [0.3, 0.4) is 0 Å². The number of amides is 1. The Labute approximate surface area is 149 Å². The molecule has 0 N–H and O–H groups in total. The Hall–Kier alpha value is -1.59. The third kappa shape index (κ3) is 3.27. The van der Waals surface area contributed by atoms with Crippen LogP contribution in [0.5, 0.6) is 5.75 Å². The normalized spacial score (nSPS) is 30.4. The second-order valence-electron chi connectivity index (χ2n) is 7.70. The largest absolute Gasteiger partial charge is 0.497 e. The molecule has 3 aliphatic heterocycles. The van der Waals surface area contributed by atoms with Gasteiger partial charge in [0.15, 0.2) is 0 Å². The summed E-state index contributed by atoms with van der Waals surface area (Å²) < 4.78 is 10.8. The highest BCUT2D eigenvalue weighted by atomic mass is 16.5. The van der Waals surface area contributed by atoms with Gasteiger partial charge in [-0.05, 0) is 49.9 Å². The van der Waals surface area contributed by atoms with Gasteiger partial charge >= 0.3 is 0 Å². The van der Waals surface area contributed by atoms with E-state index in [0.717, 1.165) is 64.3 Å². The van der Waals surface area contributed by atoms with Crippen molar-refractivity contribution in [2.75, 3.05) is 40.0 Å². The zero-order valence-corrected chi connectivity index (χ0v) is 15.1. The molecule has 3 heterocycles. The summed E-state index contributed by atoms with van der Waals surface area (Å²) in [5, 5.41) is 0. The average molecular weight is 344 g/mol. The van der Waals surface area contributed by atoms with Gasteiger partial charge in [0.1, 0.15) is 5.75 Å². The lowest BCUT2D eigenvalue weighted by Crippen LogP contribution is -2.51. The van der Waals surface area contributed by atoms with Crippen molar-refractivity contribution < 1.29 is 14.3 Å². The number of hydrogen-bond donors (Lipinski definition) is 0. The standard InChI is InChI=1S/C20H28N2O3/c1-24-18-5-3-16(4-6-18)13-21-11-9-20(19(21)23)8-2-10-22(15-20)17-7-12-25-14-17/h3-6,17H,2,7-15H2,1H3. The van der Waals surface area contributed by atoms with Crippen LogP contribution in [-0.2, 0) is 16.1 Å². The maximum absolute atomic E-state index is 13.2.